The number of anilines is 1. The van der Waals surface area contributed by atoms with Gasteiger partial charge in [0.15, 0.2) is 0 Å². The van der Waals surface area contributed by atoms with Gasteiger partial charge in [-0.15, -0.1) is 0 Å². The Morgan fingerprint density at radius 1 is 1.56 bits per heavy atom. The molecule has 0 saturated carbocycles. The second-order valence-corrected chi connectivity index (χ2v) is 5.13. The molecule has 1 aromatic rings. The molecule has 1 rings (SSSR count). The van der Waals surface area contributed by atoms with Gasteiger partial charge in [-0.2, -0.15) is 0 Å². The summed E-state index contributed by atoms with van der Waals surface area (Å²) in [5.74, 6) is -0.918. The van der Waals surface area contributed by atoms with E-state index in [9.17, 15) is 12.8 Å². The van der Waals surface area contributed by atoms with E-state index in [0.717, 1.165) is 12.1 Å². The summed E-state index contributed by atoms with van der Waals surface area (Å²) >= 11 is 0. The number of halogens is 1. The Hall–Kier alpha value is -1.18. The number of aliphatic hydroxyl groups is 1. The highest BCUT2D eigenvalue weighted by Crippen LogP contribution is 2.16. The van der Waals surface area contributed by atoms with E-state index < -0.39 is 26.8 Å². The number of nitrogens with one attached hydrogen (secondary N) is 1. The third kappa shape index (κ3) is 3.16. The second-order valence-electron chi connectivity index (χ2n) is 3.39. The Balaban J connectivity index is 2.99. The Morgan fingerprint density at radius 3 is 2.69 bits per heavy atom. The van der Waals surface area contributed by atoms with Crippen LogP contribution in [0.25, 0.3) is 0 Å². The topological polar surface area (TPSA) is 92.4 Å². The van der Waals surface area contributed by atoms with Crippen LogP contribution in [0.3, 0.4) is 0 Å². The number of nitrogen functional groups attached to an aromatic ring is 1. The van der Waals surface area contributed by atoms with E-state index in [1.165, 1.54) is 13.0 Å². The Bertz CT molecular complexity index is 474. The molecule has 0 saturated heterocycles. The largest absolute Gasteiger partial charge is 0.399 e. The first-order valence-corrected chi connectivity index (χ1v) is 6.04. The van der Waals surface area contributed by atoms with Crippen LogP contribution in [-0.4, -0.2) is 26.2 Å². The van der Waals surface area contributed by atoms with Crippen molar-refractivity contribution in [3.8, 4) is 0 Å². The van der Waals surface area contributed by atoms with Gasteiger partial charge in [0.1, 0.15) is 10.7 Å². The summed E-state index contributed by atoms with van der Waals surface area (Å²) in [6, 6.07) is 3.30. The minimum atomic E-state index is -3.94. The van der Waals surface area contributed by atoms with Gasteiger partial charge in [-0.05, 0) is 25.1 Å². The summed E-state index contributed by atoms with van der Waals surface area (Å²) in [5.41, 5.74) is 5.44. The highest BCUT2D eigenvalue weighted by molar-refractivity contribution is 7.89. The lowest BCUT2D eigenvalue weighted by Crippen LogP contribution is -2.31. The first-order chi connectivity index (χ1) is 7.33. The standard InChI is InChI=1S/C9H13FN2O3S/c1-6(13)5-12-16(14,15)9-3-2-7(11)4-8(9)10/h2-4,6,12-13H,5,11H2,1H3/t6-/m1/s1. The average Bonchev–Trinajstić information content (AvgIpc) is 2.14. The Labute approximate surface area is 93.1 Å². The minimum absolute atomic E-state index is 0.145. The number of aliphatic hydroxyl groups excluding tert-OH is 1. The van der Waals surface area contributed by atoms with E-state index >= 15 is 0 Å². The van der Waals surface area contributed by atoms with Crippen molar-refractivity contribution >= 4 is 15.7 Å². The smallest absolute Gasteiger partial charge is 0.243 e. The molecule has 90 valence electrons. The molecule has 0 bridgehead atoms. The van der Waals surface area contributed by atoms with Crippen LogP contribution in [0.5, 0.6) is 0 Å². The molecule has 0 spiro atoms. The van der Waals surface area contributed by atoms with Gasteiger partial charge in [-0.3, -0.25) is 0 Å². The number of sulfonamides is 1. The SMILES string of the molecule is C[C@@H](O)CNS(=O)(=O)c1ccc(N)cc1F. The molecule has 0 fully saturated rings. The normalized spacial score (nSPS) is 13.7. The summed E-state index contributed by atoms with van der Waals surface area (Å²) in [4.78, 5) is -0.484. The van der Waals surface area contributed by atoms with E-state index in [4.69, 9.17) is 10.8 Å². The van der Waals surface area contributed by atoms with Crippen molar-refractivity contribution in [2.75, 3.05) is 12.3 Å². The molecule has 0 aliphatic carbocycles. The molecule has 0 aliphatic heterocycles. The van der Waals surface area contributed by atoms with Gasteiger partial charge in [-0.25, -0.2) is 17.5 Å². The lowest BCUT2D eigenvalue weighted by Gasteiger charge is -2.09. The maximum atomic E-state index is 13.3. The van der Waals surface area contributed by atoms with Gasteiger partial charge >= 0.3 is 0 Å². The lowest BCUT2D eigenvalue weighted by atomic mass is 10.3. The third-order valence-electron chi connectivity index (χ3n) is 1.81. The van der Waals surface area contributed by atoms with Crippen LogP contribution < -0.4 is 10.5 Å². The number of hydrogen-bond acceptors (Lipinski definition) is 4. The molecule has 5 nitrogen and oxygen atoms in total. The summed E-state index contributed by atoms with van der Waals surface area (Å²) in [6.45, 7) is 1.24. The molecule has 16 heavy (non-hydrogen) atoms. The lowest BCUT2D eigenvalue weighted by molar-refractivity contribution is 0.198. The number of rotatable bonds is 4. The monoisotopic (exact) mass is 248 g/mol. The Morgan fingerprint density at radius 2 is 2.19 bits per heavy atom. The molecule has 0 radical (unpaired) electrons. The molecule has 1 aromatic carbocycles. The molecule has 0 heterocycles. The van der Waals surface area contributed by atoms with Gasteiger partial charge < -0.3 is 10.8 Å². The maximum absolute atomic E-state index is 13.3. The molecule has 1 atom stereocenters. The van der Waals surface area contributed by atoms with Crippen LogP contribution in [0.15, 0.2) is 23.1 Å². The van der Waals surface area contributed by atoms with Gasteiger partial charge in [0.2, 0.25) is 10.0 Å². The van der Waals surface area contributed by atoms with Crippen molar-refractivity contribution in [3.05, 3.63) is 24.0 Å². The zero-order valence-electron chi connectivity index (χ0n) is 8.64. The van der Waals surface area contributed by atoms with Gasteiger partial charge in [0.05, 0.1) is 6.10 Å². The highest BCUT2D eigenvalue weighted by Gasteiger charge is 2.19. The van der Waals surface area contributed by atoms with Crippen LogP contribution in [0.2, 0.25) is 0 Å². The maximum Gasteiger partial charge on any atom is 0.243 e. The summed E-state index contributed by atoms with van der Waals surface area (Å²) < 4.78 is 38.5. The molecule has 0 aromatic heterocycles. The van der Waals surface area contributed by atoms with E-state index in [1.807, 2.05) is 0 Å². The molecular formula is C9H13FN2O3S. The number of hydrogen-bond donors (Lipinski definition) is 3. The fraction of sp³-hybridized carbons (Fsp3) is 0.333. The molecule has 7 heteroatoms. The molecular weight excluding hydrogens is 235 g/mol. The third-order valence-corrected chi connectivity index (χ3v) is 3.27. The molecule has 4 N–H and O–H groups in total. The van der Waals surface area contributed by atoms with Crippen LogP contribution in [0.1, 0.15) is 6.92 Å². The van der Waals surface area contributed by atoms with E-state index in [-0.39, 0.29) is 12.2 Å². The van der Waals surface area contributed by atoms with Gasteiger partial charge in [-0.1, -0.05) is 0 Å². The number of benzene rings is 1. The first kappa shape index (κ1) is 12.9. The van der Waals surface area contributed by atoms with Crippen LogP contribution >= 0.6 is 0 Å². The highest BCUT2D eigenvalue weighted by atomic mass is 32.2. The predicted octanol–water partition coefficient (Wildman–Crippen LogP) is 0.0670. The van der Waals surface area contributed by atoms with Crippen molar-refractivity contribution in [3.63, 3.8) is 0 Å². The molecule has 0 aliphatic rings. The van der Waals surface area contributed by atoms with Crippen LogP contribution in [-0.2, 0) is 10.0 Å². The van der Waals surface area contributed by atoms with E-state index in [2.05, 4.69) is 4.72 Å². The van der Waals surface area contributed by atoms with Crippen LogP contribution in [0, 0.1) is 5.82 Å². The van der Waals surface area contributed by atoms with Crippen molar-refractivity contribution in [2.24, 2.45) is 0 Å². The fourth-order valence-electron chi connectivity index (χ4n) is 1.04. The zero-order chi connectivity index (χ0) is 12.3. The summed E-state index contributed by atoms with van der Waals surface area (Å²) in [5, 5.41) is 8.94. The predicted molar refractivity (Wildman–Crippen MR) is 57.7 cm³/mol. The van der Waals surface area contributed by atoms with E-state index in [1.54, 1.807) is 0 Å². The van der Waals surface area contributed by atoms with Crippen molar-refractivity contribution in [2.45, 2.75) is 17.9 Å². The zero-order valence-corrected chi connectivity index (χ0v) is 9.46. The fourth-order valence-corrected chi connectivity index (χ4v) is 2.22. The van der Waals surface area contributed by atoms with Crippen LogP contribution in [0.4, 0.5) is 10.1 Å². The van der Waals surface area contributed by atoms with Crippen molar-refractivity contribution in [1.29, 1.82) is 0 Å². The van der Waals surface area contributed by atoms with Gasteiger partial charge in [0.25, 0.3) is 0 Å². The van der Waals surface area contributed by atoms with Crippen molar-refractivity contribution < 1.29 is 17.9 Å². The average molecular weight is 248 g/mol. The minimum Gasteiger partial charge on any atom is -0.399 e. The second kappa shape index (κ2) is 4.77. The summed E-state index contributed by atoms with van der Waals surface area (Å²) in [6.07, 6.45) is -0.841. The molecule has 0 amide bonds. The van der Waals surface area contributed by atoms with Crippen molar-refractivity contribution in [1.82, 2.24) is 4.72 Å². The van der Waals surface area contributed by atoms with E-state index in [0.29, 0.717) is 0 Å². The molecule has 0 unspecified atom stereocenters. The first-order valence-electron chi connectivity index (χ1n) is 4.55. The quantitative estimate of drug-likeness (QED) is 0.657. The van der Waals surface area contributed by atoms with Gasteiger partial charge in [0, 0.05) is 12.2 Å². The summed E-state index contributed by atoms with van der Waals surface area (Å²) in [7, 11) is -3.94. The Kier molecular flexibility index (Phi) is 3.84. The number of nitrogens with two attached hydrogens (primary N) is 1.